The average molecular weight is 386 g/mol. The van der Waals surface area contributed by atoms with Gasteiger partial charge in [0.2, 0.25) is 5.91 Å². The Kier molecular flexibility index (Phi) is 7.01. The molecule has 2 rings (SSSR count). The largest absolute Gasteiger partial charge is 0.479 e. The van der Waals surface area contributed by atoms with Crippen LogP contribution in [0.25, 0.3) is 0 Å². The summed E-state index contributed by atoms with van der Waals surface area (Å²) in [6.45, 7) is 1.65. The van der Waals surface area contributed by atoms with Crippen LogP contribution in [-0.4, -0.2) is 42.9 Å². The van der Waals surface area contributed by atoms with E-state index in [1.165, 1.54) is 0 Å². The fourth-order valence-electron chi connectivity index (χ4n) is 2.34. The normalized spacial score (nSPS) is 16.7. The minimum atomic E-state index is -1.09. The van der Waals surface area contributed by atoms with Gasteiger partial charge in [0.15, 0.2) is 6.04 Å². The van der Waals surface area contributed by atoms with Gasteiger partial charge in [-0.05, 0) is 30.5 Å². The fourth-order valence-corrected chi connectivity index (χ4v) is 2.60. The van der Waals surface area contributed by atoms with Gasteiger partial charge in [-0.3, -0.25) is 4.79 Å². The summed E-state index contributed by atoms with van der Waals surface area (Å²) in [5.74, 6) is -1.43. The molecule has 126 valence electrons. The van der Waals surface area contributed by atoms with Gasteiger partial charge in [0.05, 0.1) is 19.1 Å². The molecule has 6 nitrogen and oxygen atoms in total. The summed E-state index contributed by atoms with van der Waals surface area (Å²) in [6.07, 6.45) is 1.92. The molecule has 1 aromatic rings. The highest BCUT2D eigenvalue weighted by Gasteiger charge is 2.22. The van der Waals surface area contributed by atoms with E-state index in [0.717, 1.165) is 17.3 Å². The fraction of sp³-hybridized carbons (Fsp3) is 0.500. The van der Waals surface area contributed by atoms with Crippen LogP contribution >= 0.6 is 15.9 Å². The number of halogens is 1. The maximum absolute atomic E-state index is 12.0. The lowest BCUT2D eigenvalue weighted by Crippen LogP contribution is -2.34. The summed E-state index contributed by atoms with van der Waals surface area (Å²) in [7, 11) is 0. The third-order valence-electron chi connectivity index (χ3n) is 3.61. The second-order valence-corrected chi connectivity index (χ2v) is 6.24. The summed E-state index contributed by atoms with van der Waals surface area (Å²) >= 11 is 3.29. The number of carbonyl (C=O) groups excluding carboxylic acids is 1. The molecule has 1 aliphatic rings. The lowest BCUT2D eigenvalue weighted by atomic mass is 10.1. The predicted molar refractivity (Wildman–Crippen MR) is 87.1 cm³/mol. The van der Waals surface area contributed by atoms with Crippen molar-refractivity contribution in [3.63, 3.8) is 0 Å². The third kappa shape index (κ3) is 5.93. The van der Waals surface area contributed by atoms with E-state index >= 15 is 0 Å². The molecule has 0 aromatic heterocycles. The van der Waals surface area contributed by atoms with E-state index in [2.05, 4.69) is 21.2 Å². The zero-order valence-electron chi connectivity index (χ0n) is 12.7. The number of carbonyl (C=O) groups is 2. The maximum Gasteiger partial charge on any atom is 0.330 e. The highest BCUT2D eigenvalue weighted by Crippen LogP contribution is 2.17. The molecule has 0 bridgehead atoms. The number of rotatable bonds is 7. The quantitative estimate of drug-likeness (QED) is 0.751. The van der Waals surface area contributed by atoms with E-state index in [1.807, 2.05) is 0 Å². The molecule has 23 heavy (non-hydrogen) atoms. The highest BCUT2D eigenvalue weighted by molar-refractivity contribution is 9.10. The van der Waals surface area contributed by atoms with E-state index in [4.69, 9.17) is 9.47 Å². The van der Waals surface area contributed by atoms with E-state index < -0.39 is 12.0 Å². The van der Waals surface area contributed by atoms with E-state index in [9.17, 15) is 14.7 Å². The zero-order valence-corrected chi connectivity index (χ0v) is 14.3. The SMILES string of the molecule is O=C(CCOC1CCOCC1)NC(C(=O)O)c1ccc(Br)cc1. The number of ether oxygens (including phenoxy) is 2. The number of benzene rings is 1. The molecule has 0 aliphatic carbocycles. The topological polar surface area (TPSA) is 84.9 Å². The molecule has 1 unspecified atom stereocenters. The molecule has 7 heteroatoms. The summed E-state index contributed by atoms with van der Waals surface area (Å²) in [4.78, 5) is 23.3. The number of hydrogen-bond donors (Lipinski definition) is 2. The Morgan fingerprint density at radius 2 is 1.96 bits per heavy atom. The van der Waals surface area contributed by atoms with Gasteiger partial charge >= 0.3 is 5.97 Å². The molecular weight excluding hydrogens is 366 g/mol. The summed E-state index contributed by atoms with van der Waals surface area (Å²) in [6, 6.07) is 5.76. The minimum Gasteiger partial charge on any atom is -0.479 e. The van der Waals surface area contributed by atoms with Gasteiger partial charge < -0.3 is 19.9 Å². The van der Waals surface area contributed by atoms with Crippen molar-refractivity contribution in [2.45, 2.75) is 31.4 Å². The summed E-state index contributed by atoms with van der Waals surface area (Å²) in [5.41, 5.74) is 0.527. The molecule has 0 saturated carbocycles. The van der Waals surface area contributed by atoms with Crippen molar-refractivity contribution in [2.24, 2.45) is 0 Å². The Balaban J connectivity index is 1.81. The van der Waals surface area contributed by atoms with E-state index in [0.29, 0.717) is 18.8 Å². The smallest absolute Gasteiger partial charge is 0.330 e. The van der Waals surface area contributed by atoms with Crippen LogP contribution in [0, 0.1) is 0 Å². The van der Waals surface area contributed by atoms with Gasteiger partial charge in [0.25, 0.3) is 0 Å². The Hall–Kier alpha value is -1.44. The van der Waals surface area contributed by atoms with Crippen LogP contribution in [0.3, 0.4) is 0 Å². The summed E-state index contributed by atoms with van der Waals surface area (Å²) < 4.78 is 11.7. The molecular formula is C16H20BrNO5. The van der Waals surface area contributed by atoms with Crippen LogP contribution in [0.15, 0.2) is 28.7 Å². The minimum absolute atomic E-state index is 0.123. The monoisotopic (exact) mass is 385 g/mol. The van der Waals surface area contributed by atoms with Crippen LogP contribution < -0.4 is 5.32 Å². The van der Waals surface area contributed by atoms with Crippen LogP contribution in [0.2, 0.25) is 0 Å². The molecule has 1 fully saturated rings. The van der Waals surface area contributed by atoms with Crippen molar-refractivity contribution >= 4 is 27.8 Å². The second kappa shape index (κ2) is 9.00. The lowest BCUT2D eigenvalue weighted by Gasteiger charge is -2.22. The molecule has 1 amide bonds. The molecule has 2 N–H and O–H groups in total. The Bertz CT molecular complexity index is 528. The molecule has 1 heterocycles. The van der Waals surface area contributed by atoms with Gasteiger partial charge in [0.1, 0.15) is 0 Å². The lowest BCUT2D eigenvalue weighted by molar-refractivity contribution is -0.142. The standard InChI is InChI=1S/C16H20BrNO5/c17-12-3-1-11(2-4-12)15(16(20)21)18-14(19)7-10-23-13-5-8-22-9-6-13/h1-4,13,15H,5-10H2,(H,18,19)(H,20,21). The first-order valence-corrected chi connectivity index (χ1v) is 8.32. The molecule has 1 aliphatic heterocycles. The number of carboxylic acid groups (broad SMARTS) is 1. The van der Waals surface area contributed by atoms with Crippen LogP contribution in [0.4, 0.5) is 0 Å². The average Bonchev–Trinajstić information content (AvgIpc) is 2.54. The molecule has 0 radical (unpaired) electrons. The number of aliphatic carboxylic acids is 1. The van der Waals surface area contributed by atoms with Crippen LogP contribution in [0.1, 0.15) is 30.9 Å². The Morgan fingerprint density at radius 1 is 1.30 bits per heavy atom. The number of carboxylic acids is 1. The van der Waals surface area contributed by atoms with Crippen molar-refractivity contribution < 1.29 is 24.2 Å². The first-order valence-electron chi connectivity index (χ1n) is 7.53. The van der Waals surface area contributed by atoms with E-state index in [1.54, 1.807) is 24.3 Å². The molecule has 1 saturated heterocycles. The number of hydrogen-bond acceptors (Lipinski definition) is 4. The van der Waals surface area contributed by atoms with Gasteiger partial charge in [-0.1, -0.05) is 28.1 Å². The zero-order chi connectivity index (χ0) is 16.7. The number of nitrogens with one attached hydrogen (secondary N) is 1. The Morgan fingerprint density at radius 3 is 2.57 bits per heavy atom. The predicted octanol–water partition coefficient (Wildman–Crippen LogP) is 2.28. The number of amides is 1. The summed E-state index contributed by atoms with van der Waals surface area (Å²) in [5, 5.41) is 11.8. The highest BCUT2D eigenvalue weighted by atomic mass is 79.9. The van der Waals surface area contributed by atoms with Crippen molar-refractivity contribution in [3.05, 3.63) is 34.3 Å². The van der Waals surface area contributed by atoms with Crippen LogP contribution in [-0.2, 0) is 19.1 Å². The Labute approximate surface area is 143 Å². The van der Waals surface area contributed by atoms with Crippen molar-refractivity contribution in [2.75, 3.05) is 19.8 Å². The van der Waals surface area contributed by atoms with Crippen molar-refractivity contribution in [1.82, 2.24) is 5.32 Å². The maximum atomic E-state index is 12.0. The molecule has 0 spiro atoms. The molecule has 1 aromatic carbocycles. The van der Waals surface area contributed by atoms with Gasteiger partial charge in [-0.2, -0.15) is 0 Å². The van der Waals surface area contributed by atoms with Gasteiger partial charge in [-0.15, -0.1) is 0 Å². The molecule has 1 atom stereocenters. The first-order chi connectivity index (χ1) is 11.1. The third-order valence-corrected chi connectivity index (χ3v) is 4.14. The van der Waals surface area contributed by atoms with Gasteiger partial charge in [-0.25, -0.2) is 4.79 Å². The van der Waals surface area contributed by atoms with Crippen molar-refractivity contribution in [1.29, 1.82) is 0 Å². The van der Waals surface area contributed by atoms with Crippen molar-refractivity contribution in [3.8, 4) is 0 Å². The van der Waals surface area contributed by atoms with E-state index in [-0.39, 0.29) is 25.0 Å². The van der Waals surface area contributed by atoms with Crippen LogP contribution in [0.5, 0.6) is 0 Å². The first kappa shape index (κ1) is 17.9. The van der Waals surface area contributed by atoms with Gasteiger partial charge in [0, 0.05) is 17.7 Å². The second-order valence-electron chi connectivity index (χ2n) is 5.32.